The Hall–Kier alpha value is -2.09. The van der Waals surface area contributed by atoms with Gasteiger partial charge in [0.2, 0.25) is 0 Å². The molecule has 18 heavy (non-hydrogen) atoms. The maximum absolute atomic E-state index is 11.9. The molecule has 2 nitrogen and oxygen atoms in total. The minimum Gasteiger partial charge on any atom is -0.454 e. The summed E-state index contributed by atoms with van der Waals surface area (Å²) < 4.78 is 5.46. The van der Waals surface area contributed by atoms with E-state index in [1.54, 1.807) is 12.1 Å². The summed E-state index contributed by atoms with van der Waals surface area (Å²) in [6.07, 6.45) is -0.237. The number of carbonyl (C=O) groups excluding carboxylic acids is 1. The van der Waals surface area contributed by atoms with Crippen LogP contribution in [0.4, 0.5) is 0 Å². The first-order valence-electron chi connectivity index (χ1n) is 6.00. The highest BCUT2D eigenvalue weighted by Crippen LogP contribution is 2.21. The van der Waals surface area contributed by atoms with Crippen molar-refractivity contribution in [1.82, 2.24) is 0 Å². The van der Waals surface area contributed by atoms with Crippen molar-refractivity contribution >= 4 is 5.97 Å². The molecule has 0 spiro atoms. The monoisotopic (exact) mass is 240 g/mol. The fourth-order valence-electron chi connectivity index (χ4n) is 1.91. The first-order chi connectivity index (χ1) is 8.68. The van der Waals surface area contributed by atoms with Gasteiger partial charge in [-0.3, -0.25) is 0 Å². The minimum atomic E-state index is -0.286. The van der Waals surface area contributed by atoms with Crippen LogP contribution in [0.5, 0.6) is 0 Å². The third-order valence-electron chi connectivity index (χ3n) is 2.92. The molecule has 2 aromatic carbocycles. The number of hydrogen-bond acceptors (Lipinski definition) is 2. The topological polar surface area (TPSA) is 26.3 Å². The van der Waals surface area contributed by atoms with Gasteiger partial charge in [0, 0.05) is 0 Å². The zero-order valence-corrected chi connectivity index (χ0v) is 10.6. The summed E-state index contributed by atoms with van der Waals surface area (Å²) in [5, 5.41) is 0. The summed E-state index contributed by atoms with van der Waals surface area (Å²) in [6.45, 7) is 3.91. The van der Waals surface area contributed by atoms with Crippen LogP contribution in [-0.4, -0.2) is 5.97 Å². The Morgan fingerprint density at radius 3 is 2.28 bits per heavy atom. The molecule has 0 radical (unpaired) electrons. The van der Waals surface area contributed by atoms with Gasteiger partial charge in [-0.15, -0.1) is 0 Å². The van der Waals surface area contributed by atoms with E-state index in [2.05, 4.69) is 0 Å². The lowest BCUT2D eigenvalue weighted by molar-refractivity contribution is 0.0337. The van der Waals surface area contributed by atoms with E-state index in [4.69, 9.17) is 4.74 Å². The Bertz CT molecular complexity index is 532. The molecule has 1 unspecified atom stereocenters. The van der Waals surface area contributed by atoms with E-state index in [0.717, 1.165) is 11.1 Å². The lowest BCUT2D eigenvalue weighted by Gasteiger charge is -2.15. The van der Waals surface area contributed by atoms with Crippen LogP contribution >= 0.6 is 0 Å². The fraction of sp³-hybridized carbons (Fsp3) is 0.188. The van der Waals surface area contributed by atoms with E-state index in [-0.39, 0.29) is 12.1 Å². The maximum Gasteiger partial charge on any atom is 0.338 e. The van der Waals surface area contributed by atoms with Crippen LogP contribution in [0.1, 0.15) is 34.5 Å². The first kappa shape index (κ1) is 12.4. The van der Waals surface area contributed by atoms with Gasteiger partial charge in [-0.2, -0.15) is 0 Å². The summed E-state index contributed by atoms with van der Waals surface area (Å²) in [5.74, 6) is -0.286. The highest BCUT2D eigenvalue weighted by Gasteiger charge is 2.14. The maximum atomic E-state index is 11.9. The predicted octanol–water partition coefficient (Wildman–Crippen LogP) is 3.91. The van der Waals surface area contributed by atoms with Crippen molar-refractivity contribution < 1.29 is 9.53 Å². The average molecular weight is 240 g/mol. The lowest BCUT2D eigenvalue weighted by Crippen LogP contribution is -2.10. The van der Waals surface area contributed by atoms with Crippen molar-refractivity contribution in [2.75, 3.05) is 0 Å². The molecule has 0 aliphatic heterocycles. The normalized spacial score (nSPS) is 11.9. The average Bonchev–Trinajstić information content (AvgIpc) is 2.40. The van der Waals surface area contributed by atoms with Crippen molar-refractivity contribution in [2.24, 2.45) is 0 Å². The van der Waals surface area contributed by atoms with Gasteiger partial charge in [0.25, 0.3) is 0 Å². The number of benzene rings is 2. The molecule has 0 aliphatic carbocycles. The van der Waals surface area contributed by atoms with Crippen molar-refractivity contribution in [1.29, 1.82) is 0 Å². The molecule has 0 saturated carbocycles. The van der Waals surface area contributed by atoms with Crippen molar-refractivity contribution in [3.8, 4) is 0 Å². The van der Waals surface area contributed by atoms with Crippen molar-refractivity contribution in [3.63, 3.8) is 0 Å². The van der Waals surface area contributed by atoms with E-state index in [1.807, 2.05) is 56.3 Å². The van der Waals surface area contributed by atoms with Crippen LogP contribution in [0.15, 0.2) is 54.6 Å². The smallest absolute Gasteiger partial charge is 0.338 e. The summed E-state index contributed by atoms with van der Waals surface area (Å²) >= 11 is 0. The van der Waals surface area contributed by atoms with E-state index >= 15 is 0 Å². The van der Waals surface area contributed by atoms with Gasteiger partial charge in [-0.05, 0) is 37.1 Å². The zero-order valence-electron chi connectivity index (χ0n) is 10.6. The van der Waals surface area contributed by atoms with Crippen molar-refractivity contribution in [2.45, 2.75) is 20.0 Å². The fourth-order valence-corrected chi connectivity index (χ4v) is 1.91. The molecule has 0 saturated heterocycles. The van der Waals surface area contributed by atoms with Gasteiger partial charge >= 0.3 is 5.97 Å². The van der Waals surface area contributed by atoms with Crippen LogP contribution in [-0.2, 0) is 4.74 Å². The third-order valence-corrected chi connectivity index (χ3v) is 2.92. The molecule has 0 aromatic heterocycles. The lowest BCUT2D eigenvalue weighted by atomic mass is 10.0. The second kappa shape index (κ2) is 5.50. The second-order valence-electron chi connectivity index (χ2n) is 4.27. The van der Waals surface area contributed by atoms with Gasteiger partial charge in [-0.1, -0.05) is 42.5 Å². The summed E-state index contributed by atoms with van der Waals surface area (Å²) in [6, 6.07) is 17.0. The highest BCUT2D eigenvalue weighted by molar-refractivity contribution is 5.89. The predicted molar refractivity (Wildman–Crippen MR) is 71.5 cm³/mol. The standard InChI is InChI=1S/C16H16O2/c1-12-8-6-7-11-15(12)13(2)18-16(17)14-9-4-3-5-10-14/h3-11,13H,1-2H3. The molecule has 0 N–H and O–H groups in total. The zero-order chi connectivity index (χ0) is 13.0. The molecule has 0 bridgehead atoms. The second-order valence-corrected chi connectivity index (χ2v) is 4.27. The van der Waals surface area contributed by atoms with Crippen LogP contribution in [0.3, 0.4) is 0 Å². The molecule has 1 atom stereocenters. The SMILES string of the molecule is Cc1ccccc1C(C)OC(=O)c1ccccc1. The minimum absolute atomic E-state index is 0.237. The van der Waals surface area contributed by atoms with Gasteiger partial charge in [-0.25, -0.2) is 4.79 Å². The Labute approximate surface area is 107 Å². The van der Waals surface area contributed by atoms with E-state index < -0.39 is 0 Å². The molecule has 0 amide bonds. The largest absolute Gasteiger partial charge is 0.454 e. The number of esters is 1. The molecular weight excluding hydrogens is 224 g/mol. The Balaban J connectivity index is 2.11. The number of aryl methyl sites for hydroxylation is 1. The molecule has 0 fully saturated rings. The van der Waals surface area contributed by atoms with Crippen molar-refractivity contribution in [3.05, 3.63) is 71.3 Å². The number of rotatable bonds is 3. The van der Waals surface area contributed by atoms with Gasteiger partial charge in [0.05, 0.1) is 5.56 Å². The first-order valence-corrected chi connectivity index (χ1v) is 6.00. The van der Waals surface area contributed by atoms with Crippen LogP contribution < -0.4 is 0 Å². The Morgan fingerprint density at radius 1 is 1.00 bits per heavy atom. The third kappa shape index (κ3) is 2.77. The van der Waals surface area contributed by atoms with Gasteiger partial charge < -0.3 is 4.74 Å². The summed E-state index contributed by atoms with van der Waals surface area (Å²) in [5.41, 5.74) is 2.76. The van der Waals surface area contributed by atoms with Gasteiger partial charge in [0.15, 0.2) is 0 Å². The summed E-state index contributed by atoms with van der Waals surface area (Å²) in [4.78, 5) is 11.9. The molecule has 92 valence electrons. The number of ether oxygens (including phenoxy) is 1. The molecule has 0 aliphatic rings. The molecule has 0 heterocycles. The molecule has 2 heteroatoms. The molecule has 2 aromatic rings. The quantitative estimate of drug-likeness (QED) is 0.760. The highest BCUT2D eigenvalue weighted by atomic mass is 16.5. The summed E-state index contributed by atoms with van der Waals surface area (Å²) in [7, 11) is 0. The Morgan fingerprint density at radius 2 is 1.61 bits per heavy atom. The van der Waals surface area contributed by atoms with E-state index in [1.165, 1.54) is 0 Å². The number of hydrogen-bond donors (Lipinski definition) is 0. The molecule has 2 rings (SSSR count). The van der Waals surface area contributed by atoms with Gasteiger partial charge in [0.1, 0.15) is 6.10 Å². The van der Waals surface area contributed by atoms with Crippen LogP contribution in [0, 0.1) is 6.92 Å². The van der Waals surface area contributed by atoms with E-state index in [9.17, 15) is 4.79 Å². The van der Waals surface area contributed by atoms with Crippen LogP contribution in [0.2, 0.25) is 0 Å². The Kier molecular flexibility index (Phi) is 3.78. The van der Waals surface area contributed by atoms with E-state index in [0.29, 0.717) is 5.56 Å². The van der Waals surface area contributed by atoms with Crippen LogP contribution in [0.25, 0.3) is 0 Å². The molecular formula is C16H16O2. The number of carbonyl (C=O) groups is 1.